The van der Waals surface area contributed by atoms with E-state index < -0.39 is 35.1 Å². The average molecular weight is 517 g/mol. The fraction of sp³-hybridized carbons (Fsp3) is 0.250. The van der Waals surface area contributed by atoms with Crippen LogP contribution in [-0.4, -0.2) is 34.4 Å². The molecule has 2 heterocycles. The molecule has 0 bridgehead atoms. The molecule has 164 valence electrons. The van der Waals surface area contributed by atoms with E-state index in [2.05, 4.69) is 20.9 Å². The van der Waals surface area contributed by atoms with E-state index in [1.807, 2.05) is 42.5 Å². The fourth-order valence-corrected chi connectivity index (χ4v) is 5.68. The molecule has 6 nitrogen and oxygen atoms in total. The van der Waals surface area contributed by atoms with Crippen molar-refractivity contribution in [3.8, 4) is 5.75 Å². The Morgan fingerprint density at radius 2 is 1.88 bits per heavy atom. The van der Waals surface area contributed by atoms with E-state index >= 15 is 0 Å². The number of carbonyl (C=O) groups is 1. The van der Waals surface area contributed by atoms with Gasteiger partial charge in [-0.2, -0.15) is 0 Å². The summed E-state index contributed by atoms with van der Waals surface area (Å²) in [6.07, 6.45) is -0.142. The van der Waals surface area contributed by atoms with E-state index in [-0.39, 0.29) is 10.7 Å². The Labute approximate surface area is 197 Å². The lowest BCUT2D eigenvalue weighted by Gasteiger charge is -2.40. The number of aromatic nitrogens is 1. The third kappa shape index (κ3) is 2.72. The van der Waals surface area contributed by atoms with Gasteiger partial charge in [-0.3, -0.25) is 4.79 Å². The number of methoxy groups -OCH3 is 1. The van der Waals surface area contributed by atoms with Crippen LogP contribution in [0.5, 0.6) is 5.75 Å². The lowest BCUT2D eigenvalue weighted by Crippen LogP contribution is -2.52. The first-order chi connectivity index (χ1) is 15.3. The van der Waals surface area contributed by atoms with Crippen LogP contribution in [0.15, 0.2) is 71.3 Å². The second kappa shape index (κ2) is 7.56. The lowest BCUT2D eigenvalue weighted by molar-refractivity contribution is -0.161. The van der Waals surface area contributed by atoms with E-state index in [0.29, 0.717) is 16.9 Å². The molecule has 0 amide bonds. The zero-order valence-electron chi connectivity index (χ0n) is 16.9. The largest absolute Gasteiger partial charge is 0.478 e. The van der Waals surface area contributed by atoms with E-state index in [4.69, 9.17) is 21.1 Å². The van der Waals surface area contributed by atoms with Crippen molar-refractivity contribution < 1.29 is 24.5 Å². The molecular formula is C24H19BrClNO5. The minimum absolute atomic E-state index is 0.188. The topological polar surface area (TPSA) is 88.9 Å². The van der Waals surface area contributed by atoms with Crippen molar-refractivity contribution in [1.82, 2.24) is 4.98 Å². The van der Waals surface area contributed by atoms with Crippen molar-refractivity contribution in [2.45, 2.75) is 23.2 Å². The van der Waals surface area contributed by atoms with Crippen molar-refractivity contribution in [2.75, 3.05) is 7.11 Å². The van der Waals surface area contributed by atoms with Gasteiger partial charge in [0.15, 0.2) is 11.2 Å². The Morgan fingerprint density at radius 3 is 2.53 bits per heavy atom. The molecule has 0 spiro atoms. The standard InChI is InChI=1S/C24H19BrClNO5/c1-31-22(29)19-20(13-5-3-2-4-6-13)24(14-7-9-15(25)10-8-14)23(30,21(19)28)16-12-27-18(26)11-17(16)32-24/h2-12,19-21,28,30H,1H3/t19-,20-,21-,23+,24+/m1/s1. The molecule has 1 saturated carbocycles. The molecule has 2 aliphatic rings. The molecule has 2 N–H and O–H groups in total. The third-order valence-corrected chi connectivity index (χ3v) is 7.29. The summed E-state index contributed by atoms with van der Waals surface area (Å²) in [4.78, 5) is 17.1. The third-order valence-electron chi connectivity index (χ3n) is 6.55. The summed E-state index contributed by atoms with van der Waals surface area (Å²) < 4.78 is 12.4. The Bertz CT molecular complexity index is 1190. The van der Waals surface area contributed by atoms with Crippen LogP contribution in [0, 0.1) is 5.92 Å². The Balaban J connectivity index is 1.87. The van der Waals surface area contributed by atoms with Gasteiger partial charge in [-0.05, 0) is 23.3 Å². The maximum absolute atomic E-state index is 13.0. The SMILES string of the molecule is COC(=O)[C@H]1[C@@H](O)[C@@]2(O)c3cnc(Cl)cc3O[C@@]2(c2ccc(Br)cc2)[C@@H]1c1ccccc1. The molecule has 32 heavy (non-hydrogen) atoms. The maximum atomic E-state index is 13.0. The summed E-state index contributed by atoms with van der Waals surface area (Å²) in [5, 5.41) is 24.0. The van der Waals surface area contributed by atoms with E-state index in [9.17, 15) is 15.0 Å². The highest BCUT2D eigenvalue weighted by Gasteiger charge is 2.77. The highest BCUT2D eigenvalue weighted by Crippen LogP contribution is 2.68. The van der Waals surface area contributed by atoms with Gasteiger partial charge in [0.2, 0.25) is 0 Å². The van der Waals surface area contributed by atoms with Gasteiger partial charge in [0.05, 0.1) is 18.6 Å². The zero-order valence-corrected chi connectivity index (χ0v) is 19.2. The molecule has 0 unspecified atom stereocenters. The Morgan fingerprint density at radius 1 is 1.19 bits per heavy atom. The number of hydrogen-bond acceptors (Lipinski definition) is 6. The molecular weight excluding hydrogens is 498 g/mol. The van der Waals surface area contributed by atoms with Crippen molar-refractivity contribution in [1.29, 1.82) is 0 Å². The van der Waals surface area contributed by atoms with E-state index in [0.717, 1.165) is 4.47 Å². The number of rotatable bonds is 3. The fourth-order valence-electron chi connectivity index (χ4n) is 5.27. The number of benzene rings is 2. The summed E-state index contributed by atoms with van der Waals surface area (Å²) in [5.74, 6) is -2.21. The molecule has 1 aromatic heterocycles. The molecule has 8 heteroatoms. The van der Waals surface area contributed by atoms with E-state index in [1.165, 1.54) is 19.4 Å². The number of hydrogen-bond donors (Lipinski definition) is 2. The summed E-state index contributed by atoms with van der Waals surface area (Å²) in [6.45, 7) is 0. The number of nitrogens with zero attached hydrogens (tertiary/aromatic N) is 1. The molecule has 5 rings (SSSR count). The summed E-state index contributed by atoms with van der Waals surface area (Å²) in [5.41, 5.74) is -1.96. The minimum atomic E-state index is -1.99. The molecule has 1 aliphatic heterocycles. The smallest absolute Gasteiger partial charge is 0.312 e. The van der Waals surface area contributed by atoms with Gasteiger partial charge in [-0.1, -0.05) is 70.0 Å². The van der Waals surface area contributed by atoms with Crippen LogP contribution in [0.4, 0.5) is 0 Å². The van der Waals surface area contributed by atoms with Gasteiger partial charge in [-0.25, -0.2) is 4.98 Å². The molecule has 5 atom stereocenters. The summed E-state index contributed by atoms with van der Waals surface area (Å²) in [6, 6.07) is 18.0. The number of aliphatic hydroxyl groups is 2. The number of esters is 1. The average Bonchev–Trinajstić information content (AvgIpc) is 3.17. The van der Waals surface area contributed by atoms with Crippen molar-refractivity contribution in [3.63, 3.8) is 0 Å². The number of halogens is 2. The van der Waals surface area contributed by atoms with Gasteiger partial charge in [0, 0.05) is 22.7 Å². The van der Waals surface area contributed by atoms with Crippen molar-refractivity contribution >= 4 is 33.5 Å². The van der Waals surface area contributed by atoms with Crippen LogP contribution in [0.25, 0.3) is 0 Å². The Hall–Kier alpha value is -2.45. The highest BCUT2D eigenvalue weighted by molar-refractivity contribution is 9.10. The quantitative estimate of drug-likeness (QED) is 0.405. The molecule has 1 aliphatic carbocycles. The van der Waals surface area contributed by atoms with Gasteiger partial charge < -0.3 is 19.7 Å². The zero-order chi connectivity index (χ0) is 22.7. The number of fused-ring (bicyclic) bond motifs is 3. The summed E-state index contributed by atoms with van der Waals surface area (Å²) in [7, 11) is 1.26. The van der Waals surface area contributed by atoms with Crippen molar-refractivity contribution in [3.05, 3.63) is 93.2 Å². The van der Waals surface area contributed by atoms with E-state index in [1.54, 1.807) is 12.1 Å². The molecule has 1 fully saturated rings. The van der Waals surface area contributed by atoms with Gasteiger partial charge in [0.1, 0.15) is 17.0 Å². The van der Waals surface area contributed by atoms with Gasteiger partial charge in [-0.15, -0.1) is 0 Å². The lowest BCUT2D eigenvalue weighted by atomic mass is 9.71. The van der Waals surface area contributed by atoms with Crippen LogP contribution in [-0.2, 0) is 20.7 Å². The summed E-state index contributed by atoms with van der Waals surface area (Å²) >= 11 is 9.55. The first kappa shape index (κ1) is 21.4. The van der Waals surface area contributed by atoms with Crippen LogP contribution >= 0.6 is 27.5 Å². The van der Waals surface area contributed by atoms with Crippen LogP contribution in [0.2, 0.25) is 5.15 Å². The van der Waals surface area contributed by atoms with Crippen LogP contribution in [0.3, 0.4) is 0 Å². The van der Waals surface area contributed by atoms with Crippen LogP contribution in [0.1, 0.15) is 22.6 Å². The predicted octanol–water partition coefficient (Wildman–Crippen LogP) is 3.92. The molecule has 0 radical (unpaired) electrons. The number of ether oxygens (including phenoxy) is 2. The van der Waals surface area contributed by atoms with Gasteiger partial charge >= 0.3 is 5.97 Å². The predicted molar refractivity (Wildman–Crippen MR) is 120 cm³/mol. The molecule has 2 aromatic carbocycles. The first-order valence-electron chi connectivity index (χ1n) is 9.99. The monoisotopic (exact) mass is 515 g/mol. The minimum Gasteiger partial charge on any atom is -0.478 e. The highest BCUT2D eigenvalue weighted by atomic mass is 79.9. The second-order valence-corrected chi connectivity index (χ2v) is 9.30. The number of pyridine rings is 1. The molecule has 3 aromatic rings. The first-order valence-corrected chi connectivity index (χ1v) is 11.2. The second-order valence-electron chi connectivity index (χ2n) is 8.00. The number of carbonyl (C=O) groups excluding carboxylic acids is 1. The molecule has 0 saturated heterocycles. The maximum Gasteiger partial charge on any atom is 0.312 e. The van der Waals surface area contributed by atoms with Crippen molar-refractivity contribution in [2.24, 2.45) is 5.92 Å². The number of aliphatic hydroxyl groups excluding tert-OH is 1. The van der Waals surface area contributed by atoms with Gasteiger partial charge in [0.25, 0.3) is 0 Å². The Kier molecular flexibility index (Phi) is 5.05. The normalized spacial score (nSPS) is 30.3. The van der Waals surface area contributed by atoms with Crippen LogP contribution < -0.4 is 4.74 Å².